The lowest BCUT2D eigenvalue weighted by atomic mass is 10.2. The van der Waals surface area contributed by atoms with Crippen LogP contribution in [0, 0.1) is 6.92 Å². The van der Waals surface area contributed by atoms with Gasteiger partial charge in [-0.3, -0.25) is 4.57 Å². The minimum atomic E-state index is 0.680. The summed E-state index contributed by atoms with van der Waals surface area (Å²) in [5.74, 6) is 2.62. The first-order valence-electron chi connectivity index (χ1n) is 6.48. The second kappa shape index (κ2) is 7.31. The predicted octanol–water partition coefficient (Wildman–Crippen LogP) is 3.16. The minimum Gasteiger partial charge on any atom is -0.469 e. The van der Waals surface area contributed by atoms with Crippen molar-refractivity contribution in [3.8, 4) is 11.4 Å². The largest absolute Gasteiger partial charge is 0.469 e. The third kappa shape index (κ3) is 3.32. The topological polar surface area (TPSA) is 53.1 Å². The number of nitrogens with zero attached hydrogens (tertiary/aromatic N) is 3. The highest BCUT2D eigenvalue weighted by Gasteiger charge is 2.16. The molecule has 2 aromatic heterocycles. The SMILES string of the molecule is C=CCn1c(SCCCOC)nnc1-c1ccoc1C. The molecule has 0 aliphatic carbocycles. The monoisotopic (exact) mass is 293 g/mol. The van der Waals surface area contributed by atoms with Gasteiger partial charge in [0.15, 0.2) is 11.0 Å². The fourth-order valence-corrected chi connectivity index (χ4v) is 2.73. The van der Waals surface area contributed by atoms with Gasteiger partial charge in [0.2, 0.25) is 0 Å². The molecular formula is C14H19N3O2S. The number of methoxy groups -OCH3 is 1. The van der Waals surface area contributed by atoms with Crippen molar-refractivity contribution < 1.29 is 9.15 Å². The van der Waals surface area contributed by atoms with Gasteiger partial charge in [0, 0.05) is 26.0 Å². The molecule has 0 fully saturated rings. The highest BCUT2D eigenvalue weighted by Crippen LogP contribution is 2.27. The molecule has 2 rings (SSSR count). The van der Waals surface area contributed by atoms with Crippen LogP contribution in [0.1, 0.15) is 12.2 Å². The Labute approximate surface area is 123 Å². The molecule has 0 aliphatic heterocycles. The summed E-state index contributed by atoms with van der Waals surface area (Å²) in [6, 6.07) is 1.91. The third-order valence-electron chi connectivity index (χ3n) is 2.85. The molecule has 0 atom stereocenters. The van der Waals surface area contributed by atoms with E-state index in [2.05, 4.69) is 21.3 Å². The number of aryl methyl sites for hydroxylation is 1. The lowest BCUT2D eigenvalue weighted by Crippen LogP contribution is -2.01. The molecule has 5 nitrogen and oxygen atoms in total. The molecule has 0 saturated heterocycles. The Morgan fingerprint density at radius 1 is 1.50 bits per heavy atom. The number of ether oxygens (including phenoxy) is 1. The number of aromatic nitrogens is 3. The van der Waals surface area contributed by atoms with E-state index >= 15 is 0 Å². The number of allylic oxidation sites excluding steroid dienone is 1. The summed E-state index contributed by atoms with van der Waals surface area (Å²) < 4.78 is 12.5. The second-order valence-corrected chi connectivity index (χ2v) is 5.35. The molecule has 0 unspecified atom stereocenters. The van der Waals surface area contributed by atoms with E-state index in [1.807, 2.05) is 19.1 Å². The Morgan fingerprint density at radius 3 is 3.00 bits per heavy atom. The van der Waals surface area contributed by atoms with E-state index in [0.29, 0.717) is 6.54 Å². The quantitative estimate of drug-likeness (QED) is 0.425. The normalized spacial score (nSPS) is 10.9. The Kier molecular flexibility index (Phi) is 5.43. The van der Waals surface area contributed by atoms with E-state index in [1.54, 1.807) is 25.1 Å². The molecule has 0 aromatic carbocycles. The van der Waals surface area contributed by atoms with Crippen molar-refractivity contribution in [2.75, 3.05) is 19.5 Å². The van der Waals surface area contributed by atoms with Gasteiger partial charge in [-0.25, -0.2) is 0 Å². The lowest BCUT2D eigenvalue weighted by molar-refractivity contribution is 0.200. The van der Waals surface area contributed by atoms with E-state index < -0.39 is 0 Å². The first-order chi connectivity index (χ1) is 9.77. The Morgan fingerprint density at radius 2 is 2.35 bits per heavy atom. The maximum Gasteiger partial charge on any atom is 0.191 e. The molecule has 0 bridgehead atoms. The molecule has 0 spiro atoms. The first kappa shape index (κ1) is 14.9. The van der Waals surface area contributed by atoms with Crippen LogP contribution < -0.4 is 0 Å². The van der Waals surface area contributed by atoms with E-state index in [9.17, 15) is 0 Å². The maximum atomic E-state index is 5.34. The molecule has 0 N–H and O–H groups in total. The van der Waals surface area contributed by atoms with Crippen LogP contribution in [0.5, 0.6) is 0 Å². The highest BCUT2D eigenvalue weighted by molar-refractivity contribution is 7.99. The average molecular weight is 293 g/mol. The molecule has 0 saturated carbocycles. The summed E-state index contributed by atoms with van der Waals surface area (Å²) in [5, 5.41) is 9.46. The van der Waals surface area contributed by atoms with Crippen LogP contribution in [-0.2, 0) is 11.3 Å². The van der Waals surface area contributed by atoms with Crippen LogP contribution in [0.2, 0.25) is 0 Å². The molecule has 0 radical (unpaired) electrons. The molecule has 0 aliphatic rings. The van der Waals surface area contributed by atoms with Gasteiger partial charge < -0.3 is 9.15 Å². The number of thioether (sulfide) groups is 1. The van der Waals surface area contributed by atoms with Crippen molar-refractivity contribution in [1.29, 1.82) is 0 Å². The summed E-state index contributed by atoms with van der Waals surface area (Å²) in [7, 11) is 1.71. The van der Waals surface area contributed by atoms with E-state index in [0.717, 1.165) is 41.1 Å². The average Bonchev–Trinajstić information content (AvgIpc) is 3.02. The number of hydrogen-bond donors (Lipinski definition) is 0. The van der Waals surface area contributed by atoms with Crippen LogP contribution in [-0.4, -0.2) is 34.2 Å². The number of rotatable bonds is 8. The molecule has 6 heteroatoms. The molecule has 2 heterocycles. The van der Waals surface area contributed by atoms with Crippen molar-refractivity contribution >= 4 is 11.8 Å². The standard InChI is InChI=1S/C14H19N3O2S/c1-4-7-17-13(12-6-9-19-11(12)2)15-16-14(17)20-10-5-8-18-3/h4,6,9H,1,5,7-8,10H2,2-3H3. The van der Waals surface area contributed by atoms with Crippen molar-refractivity contribution in [2.24, 2.45) is 0 Å². The number of furan rings is 1. The van der Waals surface area contributed by atoms with Gasteiger partial charge >= 0.3 is 0 Å². The molecular weight excluding hydrogens is 274 g/mol. The van der Waals surface area contributed by atoms with Crippen LogP contribution >= 0.6 is 11.8 Å². The second-order valence-electron chi connectivity index (χ2n) is 4.29. The summed E-state index contributed by atoms with van der Waals surface area (Å²) in [5.41, 5.74) is 0.975. The molecule has 108 valence electrons. The minimum absolute atomic E-state index is 0.680. The van der Waals surface area contributed by atoms with E-state index in [1.165, 1.54) is 0 Å². The smallest absolute Gasteiger partial charge is 0.191 e. The van der Waals surface area contributed by atoms with Crippen molar-refractivity contribution in [3.05, 3.63) is 30.7 Å². The van der Waals surface area contributed by atoms with Crippen molar-refractivity contribution in [1.82, 2.24) is 14.8 Å². The fraction of sp³-hybridized carbons (Fsp3) is 0.429. The van der Waals surface area contributed by atoms with Gasteiger partial charge in [0.1, 0.15) is 5.76 Å². The van der Waals surface area contributed by atoms with Crippen molar-refractivity contribution in [3.63, 3.8) is 0 Å². The van der Waals surface area contributed by atoms with Gasteiger partial charge in [-0.15, -0.1) is 16.8 Å². The Balaban J connectivity index is 2.19. The molecule has 0 amide bonds. The van der Waals surface area contributed by atoms with Crippen LogP contribution in [0.15, 0.2) is 34.6 Å². The predicted molar refractivity (Wildman–Crippen MR) is 79.9 cm³/mol. The summed E-state index contributed by atoms with van der Waals surface area (Å²) in [6.07, 6.45) is 4.51. The van der Waals surface area contributed by atoms with Gasteiger partial charge in [0.05, 0.1) is 11.8 Å². The van der Waals surface area contributed by atoms with Gasteiger partial charge in [0.25, 0.3) is 0 Å². The lowest BCUT2D eigenvalue weighted by Gasteiger charge is -2.06. The molecule has 2 aromatic rings. The zero-order valence-electron chi connectivity index (χ0n) is 11.8. The van der Waals surface area contributed by atoms with Crippen LogP contribution in [0.25, 0.3) is 11.4 Å². The van der Waals surface area contributed by atoms with Crippen molar-refractivity contribution in [2.45, 2.75) is 25.0 Å². The zero-order valence-corrected chi connectivity index (χ0v) is 12.7. The maximum absolute atomic E-state index is 5.34. The first-order valence-corrected chi connectivity index (χ1v) is 7.46. The third-order valence-corrected chi connectivity index (χ3v) is 3.91. The van der Waals surface area contributed by atoms with E-state index in [-0.39, 0.29) is 0 Å². The van der Waals surface area contributed by atoms with Crippen LogP contribution in [0.4, 0.5) is 0 Å². The summed E-state index contributed by atoms with van der Waals surface area (Å²) >= 11 is 1.68. The number of hydrogen-bond acceptors (Lipinski definition) is 5. The summed E-state index contributed by atoms with van der Waals surface area (Å²) in [4.78, 5) is 0. The van der Waals surface area contributed by atoms with Gasteiger partial charge in [-0.1, -0.05) is 17.8 Å². The molecule has 20 heavy (non-hydrogen) atoms. The van der Waals surface area contributed by atoms with Crippen LogP contribution in [0.3, 0.4) is 0 Å². The van der Waals surface area contributed by atoms with E-state index in [4.69, 9.17) is 9.15 Å². The fourth-order valence-electron chi connectivity index (χ4n) is 1.87. The summed E-state index contributed by atoms with van der Waals surface area (Å²) in [6.45, 7) is 7.17. The van der Waals surface area contributed by atoms with Gasteiger partial charge in [-0.05, 0) is 19.4 Å². The highest BCUT2D eigenvalue weighted by atomic mass is 32.2. The Hall–Kier alpha value is -1.53. The van der Waals surface area contributed by atoms with Gasteiger partial charge in [-0.2, -0.15) is 0 Å². The Bertz CT molecular complexity index is 563. The zero-order chi connectivity index (χ0) is 14.4.